The SMILES string of the molecule is Cc1cc(Cl)cc(C)c1NC(=O)C[P+](C)(C)C.[Y]. The first-order valence-corrected chi connectivity index (χ1v) is 9.25. The van der Waals surface area contributed by atoms with Gasteiger partial charge in [0.15, 0.2) is 0 Å². The van der Waals surface area contributed by atoms with Crippen LogP contribution >= 0.6 is 18.9 Å². The Bertz CT molecular complexity index is 420. The average Bonchev–Trinajstić information content (AvgIpc) is 2.08. The number of amides is 1. The van der Waals surface area contributed by atoms with E-state index in [0.717, 1.165) is 16.8 Å². The molecule has 1 aromatic carbocycles. The van der Waals surface area contributed by atoms with Crippen molar-refractivity contribution in [2.24, 2.45) is 0 Å². The zero-order valence-corrected chi connectivity index (χ0v) is 16.2. The Hall–Kier alpha value is 0.514. The van der Waals surface area contributed by atoms with E-state index in [2.05, 4.69) is 25.3 Å². The summed E-state index contributed by atoms with van der Waals surface area (Å²) in [6.07, 6.45) is 0.620. The van der Waals surface area contributed by atoms with E-state index in [1.165, 1.54) is 0 Å². The third kappa shape index (κ3) is 6.11. The predicted octanol–water partition coefficient (Wildman–Crippen LogP) is 3.80. The summed E-state index contributed by atoms with van der Waals surface area (Å²) in [6.45, 7) is 10.4. The molecule has 18 heavy (non-hydrogen) atoms. The van der Waals surface area contributed by atoms with Gasteiger partial charge in [0, 0.05) is 70.7 Å². The average molecular weight is 362 g/mol. The van der Waals surface area contributed by atoms with Crippen LogP contribution in [0.25, 0.3) is 0 Å². The third-order valence-electron chi connectivity index (χ3n) is 2.38. The Labute approximate surface area is 140 Å². The van der Waals surface area contributed by atoms with E-state index in [9.17, 15) is 4.79 Å². The number of rotatable bonds is 3. The minimum atomic E-state index is -1.09. The van der Waals surface area contributed by atoms with E-state index < -0.39 is 7.26 Å². The molecule has 0 heterocycles. The number of halogens is 1. The number of carbonyl (C=O) groups excluding carboxylic acids is 1. The molecule has 0 fully saturated rings. The molecule has 1 aromatic rings. The van der Waals surface area contributed by atoms with Gasteiger partial charge in [-0.15, -0.1) is 0 Å². The first-order chi connectivity index (χ1) is 7.69. The minimum absolute atomic E-state index is 0. The van der Waals surface area contributed by atoms with Crippen LogP contribution in [0, 0.1) is 13.8 Å². The molecule has 0 aliphatic heterocycles. The van der Waals surface area contributed by atoms with Crippen molar-refractivity contribution in [3.63, 3.8) is 0 Å². The van der Waals surface area contributed by atoms with E-state index >= 15 is 0 Å². The van der Waals surface area contributed by atoms with Gasteiger partial charge in [0.1, 0.15) is 6.16 Å². The Balaban J connectivity index is 0.00000289. The standard InChI is InChI=1S/C13H19ClNOP.Y/c1-9-6-11(14)7-10(2)13(9)15-12(16)8-17(3,4)5;/h6-7H,8H2,1-5H3;/p+1. The van der Waals surface area contributed by atoms with Crippen LogP contribution in [0.1, 0.15) is 11.1 Å². The molecule has 0 saturated heterocycles. The van der Waals surface area contributed by atoms with Gasteiger partial charge in [-0.1, -0.05) is 11.6 Å². The van der Waals surface area contributed by atoms with Crippen molar-refractivity contribution < 1.29 is 37.5 Å². The van der Waals surface area contributed by atoms with Crippen LogP contribution in [0.2, 0.25) is 5.02 Å². The molecule has 1 rings (SSSR count). The third-order valence-corrected chi connectivity index (χ3v) is 3.83. The maximum Gasteiger partial charge on any atom is 0.261 e. The summed E-state index contributed by atoms with van der Waals surface area (Å²) in [5.41, 5.74) is 2.92. The fraction of sp³-hybridized carbons (Fsp3) is 0.462. The monoisotopic (exact) mass is 361 g/mol. The number of hydrogen-bond donors (Lipinski definition) is 1. The second-order valence-electron chi connectivity index (χ2n) is 5.41. The number of nitrogens with one attached hydrogen (secondary N) is 1. The van der Waals surface area contributed by atoms with E-state index in [4.69, 9.17) is 11.6 Å². The fourth-order valence-electron chi connectivity index (χ4n) is 1.72. The van der Waals surface area contributed by atoms with Crippen LogP contribution in [-0.2, 0) is 37.5 Å². The first kappa shape index (κ1) is 18.5. The van der Waals surface area contributed by atoms with Crippen molar-refractivity contribution in [3.05, 3.63) is 28.3 Å². The van der Waals surface area contributed by atoms with Crippen molar-refractivity contribution in [2.75, 3.05) is 31.5 Å². The largest absolute Gasteiger partial charge is 0.322 e. The van der Waals surface area contributed by atoms with E-state index in [-0.39, 0.29) is 38.6 Å². The molecule has 1 N–H and O–H groups in total. The number of aryl methyl sites for hydroxylation is 2. The quantitative estimate of drug-likeness (QED) is 0.815. The van der Waals surface area contributed by atoms with Crippen LogP contribution in [0.5, 0.6) is 0 Å². The van der Waals surface area contributed by atoms with Crippen LogP contribution in [0.15, 0.2) is 12.1 Å². The Morgan fingerprint density at radius 1 is 1.22 bits per heavy atom. The van der Waals surface area contributed by atoms with Gasteiger partial charge in [-0.25, -0.2) is 0 Å². The smallest absolute Gasteiger partial charge is 0.261 e. The molecule has 97 valence electrons. The first-order valence-electron chi connectivity index (χ1n) is 5.56. The molecule has 5 heteroatoms. The van der Waals surface area contributed by atoms with E-state index in [1.807, 2.05) is 26.0 Å². The van der Waals surface area contributed by atoms with Gasteiger partial charge in [-0.05, 0) is 37.1 Å². The van der Waals surface area contributed by atoms with Gasteiger partial charge < -0.3 is 5.32 Å². The molecular formula is C13H20ClNOPY+. The molecule has 0 aliphatic rings. The van der Waals surface area contributed by atoms with Crippen LogP contribution in [0.4, 0.5) is 5.69 Å². The van der Waals surface area contributed by atoms with Gasteiger partial charge >= 0.3 is 0 Å². The van der Waals surface area contributed by atoms with Gasteiger partial charge in [0.05, 0.1) is 0 Å². The second-order valence-corrected chi connectivity index (χ2v) is 10.7. The molecule has 1 amide bonds. The van der Waals surface area contributed by atoms with E-state index in [0.29, 0.717) is 11.2 Å². The molecule has 0 spiro atoms. The number of benzene rings is 1. The summed E-state index contributed by atoms with van der Waals surface area (Å²) in [4.78, 5) is 11.9. The summed E-state index contributed by atoms with van der Waals surface area (Å²) >= 11 is 5.96. The molecule has 0 bridgehead atoms. The van der Waals surface area contributed by atoms with Gasteiger partial charge in [-0.3, -0.25) is 4.79 Å². The predicted molar refractivity (Wildman–Crippen MR) is 79.1 cm³/mol. The van der Waals surface area contributed by atoms with Gasteiger partial charge in [-0.2, -0.15) is 0 Å². The van der Waals surface area contributed by atoms with Crippen LogP contribution < -0.4 is 5.32 Å². The molecule has 0 aromatic heterocycles. The molecule has 2 nitrogen and oxygen atoms in total. The van der Waals surface area contributed by atoms with E-state index in [1.54, 1.807) is 0 Å². The Morgan fingerprint density at radius 2 is 1.67 bits per heavy atom. The maximum absolute atomic E-state index is 11.9. The second kappa shape index (κ2) is 7.34. The molecule has 0 unspecified atom stereocenters. The summed E-state index contributed by atoms with van der Waals surface area (Å²) in [5, 5.41) is 3.70. The number of carbonyl (C=O) groups is 1. The molecular weight excluding hydrogens is 341 g/mol. The Morgan fingerprint density at radius 3 is 2.06 bits per heavy atom. The molecule has 0 saturated carbocycles. The van der Waals surface area contributed by atoms with Crippen molar-refractivity contribution in [1.29, 1.82) is 0 Å². The van der Waals surface area contributed by atoms with Crippen molar-refractivity contribution >= 4 is 30.5 Å². The van der Waals surface area contributed by atoms with Crippen molar-refractivity contribution in [1.82, 2.24) is 0 Å². The minimum Gasteiger partial charge on any atom is -0.322 e. The summed E-state index contributed by atoms with van der Waals surface area (Å²) in [7, 11) is -1.09. The Kier molecular flexibility index (Phi) is 7.55. The summed E-state index contributed by atoms with van der Waals surface area (Å²) in [6, 6.07) is 3.74. The van der Waals surface area contributed by atoms with Crippen LogP contribution in [-0.4, -0.2) is 32.1 Å². The molecule has 0 aliphatic carbocycles. The zero-order valence-electron chi connectivity index (χ0n) is 11.7. The normalized spacial score (nSPS) is 10.8. The summed E-state index contributed by atoms with van der Waals surface area (Å²) < 4.78 is 0. The molecule has 0 atom stereocenters. The van der Waals surface area contributed by atoms with Crippen LogP contribution in [0.3, 0.4) is 0 Å². The van der Waals surface area contributed by atoms with Crippen molar-refractivity contribution in [3.8, 4) is 0 Å². The number of anilines is 1. The topological polar surface area (TPSA) is 29.1 Å². The number of hydrogen-bond acceptors (Lipinski definition) is 1. The summed E-state index contributed by atoms with van der Waals surface area (Å²) in [5.74, 6) is 0.0966. The van der Waals surface area contributed by atoms with Crippen molar-refractivity contribution in [2.45, 2.75) is 13.8 Å². The molecule has 1 radical (unpaired) electrons. The fourth-order valence-corrected chi connectivity index (χ4v) is 2.99. The van der Waals surface area contributed by atoms with Gasteiger partial charge in [0.2, 0.25) is 0 Å². The van der Waals surface area contributed by atoms with Gasteiger partial charge in [0.25, 0.3) is 5.91 Å². The maximum atomic E-state index is 11.9. The zero-order chi connectivity index (χ0) is 13.2.